The predicted octanol–water partition coefficient (Wildman–Crippen LogP) is 4.80. The molecule has 0 fully saturated rings. The largest absolute Gasteiger partial charge is 0.481 e. The van der Waals surface area contributed by atoms with Crippen molar-refractivity contribution in [3.63, 3.8) is 0 Å². The number of nitrogens with two attached hydrogens (primary N) is 1. The molecule has 6 heteroatoms. The number of carbonyl (C=O) groups excluding carboxylic acids is 2. The van der Waals surface area contributed by atoms with Gasteiger partial charge < -0.3 is 15.8 Å². The molecule has 1 aliphatic carbocycles. The smallest absolute Gasteiger partial charge is 0.265 e. The van der Waals surface area contributed by atoms with E-state index in [1.54, 1.807) is 6.92 Å². The summed E-state index contributed by atoms with van der Waals surface area (Å²) in [6.45, 7) is 1.69. The van der Waals surface area contributed by atoms with E-state index in [-0.39, 0.29) is 5.91 Å². The molecule has 2 aromatic carbocycles. The number of primary amides is 1. The summed E-state index contributed by atoms with van der Waals surface area (Å²) in [4.78, 5) is 25.9. The number of anilines is 1. The molecule has 0 spiro atoms. The Morgan fingerprint density at radius 1 is 1.00 bits per heavy atom. The van der Waals surface area contributed by atoms with Gasteiger partial charge >= 0.3 is 0 Å². The topological polar surface area (TPSA) is 81.4 Å². The van der Waals surface area contributed by atoms with Crippen molar-refractivity contribution in [2.75, 3.05) is 5.32 Å². The third-order valence-electron chi connectivity index (χ3n) is 5.30. The van der Waals surface area contributed by atoms with Crippen LogP contribution in [0.4, 0.5) is 5.00 Å². The second kappa shape index (κ2) is 8.71. The molecule has 1 aromatic heterocycles. The predicted molar refractivity (Wildman–Crippen MR) is 120 cm³/mol. The highest BCUT2D eigenvalue weighted by Crippen LogP contribution is 2.38. The van der Waals surface area contributed by atoms with Gasteiger partial charge in [0.2, 0.25) is 0 Å². The summed E-state index contributed by atoms with van der Waals surface area (Å²) in [5.41, 5.74) is 9.27. The van der Waals surface area contributed by atoms with Gasteiger partial charge in [-0.1, -0.05) is 42.5 Å². The van der Waals surface area contributed by atoms with Crippen molar-refractivity contribution in [3.05, 3.63) is 70.6 Å². The number of ether oxygens (including phenoxy) is 1. The van der Waals surface area contributed by atoms with E-state index < -0.39 is 12.0 Å². The van der Waals surface area contributed by atoms with Crippen LogP contribution in [0.2, 0.25) is 0 Å². The van der Waals surface area contributed by atoms with E-state index in [9.17, 15) is 9.59 Å². The van der Waals surface area contributed by atoms with Gasteiger partial charge in [0, 0.05) is 4.88 Å². The van der Waals surface area contributed by atoms with Crippen molar-refractivity contribution < 1.29 is 14.3 Å². The number of fused-ring (bicyclic) bond motifs is 1. The Bertz CT molecular complexity index is 1060. The molecule has 0 aliphatic heterocycles. The first kappa shape index (κ1) is 20.2. The number of hydrogen-bond donors (Lipinski definition) is 2. The minimum Gasteiger partial charge on any atom is -0.481 e. The number of benzene rings is 2. The first-order valence-corrected chi connectivity index (χ1v) is 10.9. The molecule has 154 valence electrons. The molecular formula is C24H24N2O3S. The van der Waals surface area contributed by atoms with Crippen molar-refractivity contribution in [3.8, 4) is 16.9 Å². The average Bonchev–Trinajstić information content (AvgIpc) is 3.13. The molecule has 30 heavy (non-hydrogen) atoms. The molecule has 0 saturated carbocycles. The minimum absolute atomic E-state index is 0.303. The lowest BCUT2D eigenvalue weighted by Crippen LogP contribution is -2.30. The molecule has 1 aliphatic rings. The fourth-order valence-corrected chi connectivity index (χ4v) is 5.04. The van der Waals surface area contributed by atoms with Gasteiger partial charge in [-0.3, -0.25) is 9.59 Å². The van der Waals surface area contributed by atoms with E-state index in [0.717, 1.165) is 47.3 Å². The lowest BCUT2D eigenvalue weighted by Gasteiger charge is -2.15. The first-order chi connectivity index (χ1) is 14.5. The molecule has 4 rings (SSSR count). The van der Waals surface area contributed by atoms with Crippen LogP contribution < -0.4 is 15.8 Å². The van der Waals surface area contributed by atoms with Gasteiger partial charge in [-0.05, 0) is 61.4 Å². The summed E-state index contributed by atoms with van der Waals surface area (Å²) >= 11 is 1.45. The van der Waals surface area contributed by atoms with Gasteiger partial charge in [0.15, 0.2) is 6.10 Å². The van der Waals surface area contributed by atoms with Crippen LogP contribution >= 0.6 is 11.3 Å². The molecule has 5 nitrogen and oxygen atoms in total. The standard InChI is InChI=1S/C24H24N2O3S/c1-15(29-18-13-11-17(12-14-18)16-7-3-2-4-8-16)23(28)26-24-21(22(25)27)19-9-5-6-10-20(19)30-24/h2-4,7-8,11-15H,5-6,9-10H2,1H3,(H2,25,27)(H,26,28)/t15-/m0/s1. The van der Waals surface area contributed by atoms with Gasteiger partial charge in [-0.25, -0.2) is 0 Å². The average molecular weight is 421 g/mol. The van der Waals surface area contributed by atoms with Crippen LogP contribution in [0.5, 0.6) is 5.75 Å². The fourth-order valence-electron chi connectivity index (χ4n) is 3.74. The van der Waals surface area contributed by atoms with Crippen molar-refractivity contribution in [1.82, 2.24) is 0 Å². The molecule has 2 amide bonds. The molecule has 3 aromatic rings. The second-order valence-corrected chi connectivity index (χ2v) is 8.52. The van der Waals surface area contributed by atoms with E-state index in [2.05, 4.69) is 5.32 Å². The lowest BCUT2D eigenvalue weighted by molar-refractivity contribution is -0.122. The van der Waals surface area contributed by atoms with Crippen molar-refractivity contribution in [1.29, 1.82) is 0 Å². The van der Waals surface area contributed by atoms with Crippen LogP contribution in [0.1, 0.15) is 40.6 Å². The lowest BCUT2D eigenvalue weighted by atomic mass is 9.95. The number of amides is 2. The Kier molecular flexibility index (Phi) is 5.86. The van der Waals surface area contributed by atoms with Crippen molar-refractivity contribution in [2.24, 2.45) is 5.73 Å². The zero-order chi connectivity index (χ0) is 21.1. The Morgan fingerprint density at radius 2 is 1.67 bits per heavy atom. The Labute approximate surface area is 179 Å². The van der Waals surface area contributed by atoms with Crippen LogP contribution in [-0.2, 0) is 17.6 Å². The summed E-state index contributed by atoms with van der Waals surface area (Å²) < 4.78 is 5.82. The quantitative estimate of drug-likeness (QED) is 0.601. The molecule has 0 unspecified atom stereocenters. The SMILES string of the molecule is C[C@H](Oc1ccc(-c2ccccc2)cc1)C(=O)Nc1sc2c(c1C(N)=O)CCCC2. The molecule has 0 bridgehead atoms. The van der Waals surface area contributed by atoms with Crippen LogP contribution in [0.25, 0.3) is 11.1 Å². The van der Waals surface area contributed by atoms with Crippen LogP contribution in [0.3, 0.4) is 0 Å². The van der Waals surface area contributed by atoms with E-state index in [4.69, 9.17) is 10.5 Å². The zero-order valence-corrected chi connectivity index (χ0v) is 17.6. The van der Waals surface area contributed by atoms with Gasteiger partial charge in [0.25, 0.3) is 11.8 Å². The van der Waals surface area contributed by atoms with E-state index in [0.29, 0.717) is 16.3 Å². The fraction of sp³-hybridized carbons (Fsp3) is 0.250. The highest BCUT2D eigenvalue weighted by atomic mass is 32.1. The zero-order valence-electron chi connectivity index (χ0n) is 16.8. The number of rotatable bonds is 6. The number of aryl methyl sites for hydroxylation is 1. The summed E-state index contributed by atoms with van der Waals surface area (Å²) in [5.74, 6) is -0.184. The van der Waals surface area contributed by atoms with Gasteiger partial charge in [-0.15, -0.1) is 11.3 Å². The maximum Gasteiger partial charge on any atom is 0.265 e. The summed E-state index contributed by atoms with van der Waals surface area (Å²) in [6.07, 6.45) is 3.18. The maximum atomic E-state index is 12.7. The number of carbonyl (C=O) groups is 2. The normalized spacial score (nSPS) is 13.9. The van der Waals surface area contributed by atoms with Crippen LogP contribution in [0, 0.1) is 0 Å². The van der Waals surface area contributed by atoms with Crippen molar-refractivity contribution >= 4 is 28.2 Å². The van der Waals surface area contributed by atoms with E-state index in [1.165, 1.54) is 11.3 Å². The second-order valence-electron chi connectivity index (χ2n) is 7.42. The van der Waals surface area contributed by atoms with Crippen molar-refractivity contribution in [2.45, 2.75) is 38.7 Å². The number of thiophene rings is 1. The third kappa shape index (κ3) is 4.24. The molecule has 0 radical (unpaired) electrons. The summed E-state index contributed by atoms with van der Waals surface area (Å²) in [7, 11) is 0. The minimum atomic E-state index is -0.715. The Hall–Kier alpha value is -3.12. The maximum absolute atomic E-state index is 12.7. The number of hydrogen-bond acceptors (Lipinski definition) is 4. The van der Waals surface area contributed by atoms with Gasteiger partial charge in [0.1, 0.15) is 10.8 Å². The Balaban J connectivity index is 1.45. The van der Waals surface area contributed by atoms with E-state index >= 15 is 0 Å². The molecule has 1 atom stereocenters. The van der Waals surface area contributed by atoms with Crippen LogP contribution in [0.15, 0.2) is 54.6 Å². The monoisotopic (exact) mass is 420 g/mol. The molecule has 0 saturated heterocycles. The first-order valence-electron chi connectivity index (χ1n) is 10.1. The highest BCUT2D eigenvalue weighted by Gasteiger charge is 2.26. The summed E-state index contributed by atoms with van der Waals surface area (Å²) in [6, 6.07) is 17.7. The summed E-state index contributed by atoms with van der Waals surface area (Å²) in [5, 5.41) is 3.40. The number of nitrogens with one attached hydrogen (secondary N) is 1. The van der Waals surface area contributed by atoms with E-state index in [1.807, 2.05) is 54.6 Å². The molecule has 1 heterocycles. The van der Waals surface area contributed by atoms with Gasteiger partial charge in [-0.2, -0.15) is 0 Å². The third-order valence-corrected chi connectivity index (χ3v) is 6.51. The molecular weight excluding hydrogens is 396 g/mol. The Morgan fingerprint density at radius 3 is 2.37 bits per heavy atom. The highest BCUT2D eigenvalue weighted by molar-refractivity contribution is 7.17. The van der Waals surface area contributed by atoms with Crippen LogP contribution in [-0.4, -0.2) is 17.9 Å². The van der Waals surface area contributed by atoms with Gasteiger partial charge in [0.05, 0.1) is 5.56 Å². The molecule has 3 N–H and O–H groups in total.